The molecular formula is C41H51Cl2N3O9. The summed E-state index contributed by atoms with van der Waals surface area (Å²) in [7, 11) is 1.29. The molecule has 0 bridgehead atoms. The lowest BCUT2D eigenvalue weighted by Gasteiger charge is -2.31. The van der Waals surface area contributed by atoms with Crippen molar-refractivity contribution in [2.45, 2.75) is 103 Å². The van der Waals surface area contributed by atoms with Crippen LogP contribution in [0.3, 0.4) is 0 Å². The number of ether oxygens (including phenoxy) is 3. The number of allylic oxidation sites excluding steroid dienone is 2. The number of nitrogens with one attached hydrogen (secondary N) is 2. The highest BCUT2D eigenvalue weighted by Gasteiger charge is 2.49. The van der Waals surface area contributed by atoms with E-state index in [1.54, 1.807) is 57.7 Å². The molecule has 2 aromatic rings. The van der Waals surface area contributed by atoms with Crippen molar-refractivity contribution in [3.8, 4) is 0 Å². The molecule has 6 atom stereocenters. The summed E-state index contributed by atoms with van der Waals surface area (Å²) in [5.41, 5.74) is 3.41. The number of amides is 1. The van der Waals surface area contributed by atoms with Crippen molar-refractivity contribution in [2.24, 2.45) is 5.92 Å². The number of fused-ring (bicyclic) bond motifs is 1. The first kappa shape index (κ1) is 43.3. The van der Waals surface area contributed by atoms with Crippen LogP contribution >= 0.6 is 23.2 Å². The second kappa shape index (κ2) is 20.0. The normalized spacial score (nSPS) is 21.4. The van der Waals surface area contributed by atoms with E-state index >= 15 is 0 Å². The van der Waals surface area contributed by atoms with E-state index in [4.69, 9.17) is 37.4 Å². The van der Waals surface area contributed by atoms with Crippen LogP contribution in [0.15, 0.2) is 71.1 Å². The molecule has 0 aromatic heterocycles. The topological polar surface area (TPSA) is 161 Å². The number of dihydropyridines is 1. The third kappa shape index (κ3) is 10.3. The van der Waals surface area contributed by atoms with Gasteiger partial charge >= 0.3 is 23.9 Å². The third-order valence-corrected chi connectivity index (χ3v) is 11.1. The van der Waals surface area contributed by atoms with E-state index in [1.807, 2.05) is 30.3 Å². The van der Waals surface area contributed by atoms with Crippen LogP contribution in [-0.2, 0) is 44.6 Å². The maximum absolute atomic E-state index is 13.2. The number of carbonyl (C=O) groups is 5. The van der Waals surface area contributed by atoms with Gasteiger partial charge in [-0.3, -0.25) is 14.9 Å². The Labute approximate surface area is 332 Å². The molecule has 5 rings (SSSR count). The van der Waals surface area contributed by atoms with E-state index in [-0.39, 0.29) is 42.1 Å². The molecule has 2 heterocycles. The lowest BCUT2D eigenvalue weighted by atomic mass is 9.80. The minimum atomic E-state index is -0.948. The van der Waals surface area contributed by atoms with Gasteiger partial charge in [0.15, 0.2) is 0 Å². The zero-order chi connectivity index (χ0) is 40.4. The number of carboxylic acids is 1. The molecule has 1 saturated carbocycles. The van der Waals surface area contributed by atoms with Gasteiger partial charge in [-0.15, -0.1) is 0 Å². The van der Waals surface area contributed by atoms with Crippen molar-refractivity contribution < 1.29 is 43.3 Å². The first-order valence-electron chi connectivity index (χ1n) is 18.6. The molecule has 1 unspecified atom stereocenters. The van der Waals surface area contributed by atoms with Crippen molar-refractivity contribution in [3.63, 3.8) is 0 Å². The van der Waals surface area contributed by atoms with Crippen molar-refractivity contribution in [3.05, 3.63) is 92.2 Å². The molecule has 0 spiro atoms. The minimum Gasteiger partial charge on any atom is -0.480 e. The Bertz CT molecular complexity index is 1800. The maximum atomic E-state index is 13.2. The van der Waals surface area contributed by atoms with E-state index in [0.717, 1.165) is 24.8 Å². The Kier molecular flexibility index (Phi) is 15.7. The van der Waals surface area contributed by atoms with Crippen molar-refractivity contribution in [1.82, 2.24) is 15.5 Å². The Balaban J connectivity index is 0.000000249. The number of esters is 3. The average molecular weight is 801 g/mol. The summed E-state index contributed by atoms with van der Waals surface area (Å²) in [4.78, 5) is 64.1. The fraction of sp³-hybridized carbons (Fsp3) is 0.488. The summed E-state index contributed by atoms with van der Waals surface area (Å²) in [6, 6.07) is 12.8. The Morgan fingerprint density at radius 2 is 1.58 bits per heavy atom. The molecule has 2 aliphatic heterocycles. The van der Waals surface area contributed by atoms with Gasteiger partial charge < -0.3 is 29.5 Å². The maximum Gasteiger partial charge on any atom is 0.336 e. The molecule has 14 heteroatoms. The fourth-order valence-corrected chi connectivity index (χ4v) is 8.22. The van der Waals surface area contributed by atoms with Gasteiger partial charge in [0.05, 0.1) is 53.5 Å². The molecule has 3 aliphatic rings. The molecular weight excluding hydrogens is 749 g/mol. The molecule has 298 valence electrons. The van der Waals surface area contributed by atoms with Gasteiger partial charge in [-0.2, -0.15) is 0 Å². The molecule has 3 N–H and O–H groups in total. The van der Waals surface area contributed by atoms with E-state index < -0.39 is 42.0 Å². The van der Waals surface area contributed by atoms with Crippen LogP contribution in [0.25, 0.3) is 0 Å². The first-order valence-corrected chi connectivity index (χ1v) is 19.4. The van der Waals surface area contributed by atoms with Gasteiger partial charge in [-0.05, 0) is 89.8 Å². The van der Waals surface area contributed by atoms with Crippen molar-refractivity contribution in [2.75, 3.05) is 20.3 Å². The Hall–Kier alpha value is -4.39. The summed E-state index contributed by atoms with van der Waals surface area (Å²) >= 11 is 12.5. The highest BCUT2D eigenvalue weighted by molar-refractivity contribution is 6.42. The largest absolute Gasteiger partial charge is 0.480 e. The fourth-order valence-electron chi connectivity index (χ4n) is 7.80. The van der Waals surface area contributed by atoms with E-state index in [1.165, 1.54) is 7.11 Å². The highest BCUT2D eigenvalue weighted by Crippen LogP contribution is 2.44. The number of nitrogens with zero attached hydrogens (tertiary/aromatic N) is 1. The summed E-state index contributed by atoms with van der Waals surface area (Å²) in [5.74, 6) is -3.13. The second-order valence-electron chi connectivity index (χ2n) is 13.8. The van der Waals surface area contributed by atoms with Crippen LogP contribution in [-0.4, -0.2) is 84.3 Å². The molecule has 1 amide bonds. The number of aliphatic carboxylic acids is 1. The Morgan fingerprint density at radius 3 is 2.20 bits per heavy atom. The monoisotopic (exact) mass is 799 g/mol. The molecule has 55 heavy (non-hydrogen) atoms. The van der Waals surface area contributed by atoms with Crippen molar-refractivity contribution in [1.29, 1.82) is 0 Å². The van der Waals surface area contributed by atoms with E-state index in [2.05, 4.69) is 10.6 Å². The van der Waals surface area contributed by atoms with Crippen LogP contribution in [0, 0.1) is 5.92 Å². The third-order valence-electron chi connectivity index (χ3n) is 10.3. The lowest BCUT2D eigenvalue weighted by molar-refractivity contribution is -0.151. The average Bonchev–Trinajstić information content (AvgIpc) is 3.77. The number of halogens is 2. The number of methoxy groups -OCH3 is 1. The minimum absolute atomic E-state index is 0.00629. The van der Waals surface area contributed by atoms with Crippen LogP contribution in [0.5, 0.6) is 0 Å². The second-order valence-corrected chi connectivity index (χ2v) is 14.6. The van der Waals surface area contributed by atoms with Gasteiger partial charge in [0.2, 0.25) is 5.91 Å². The molecule has 2 fully saturated rings. The molecule has 2 aromatic carbocycles. The van der Waals surface area contributed by atoms with Crippen LogP contribution in [0.2, 0.25) is 10.0 Å². The molecule has 1 aliphatic carbocycles. The van der Waals surface area contributed by atoms with Gasteiger partial charge in [0.1, 0.15) is 12.1 Å². The van der Waals surface area contributed by atoms with Gasteiger partial charge in [-0.1, -0.05) is 72.1 Å². The molecule has 1 saturated heterocycles. The summed E-state index contributed by atoms with van der Waals surface area (Å²) in [6.45, 7) is 9.14. The number of likely N-dealkylation sites (tertiary alicyclic amines) is 1. The highest BCUT2D eigenvalue weighted by atomic mass is 35.5. The number of carboxylic acid groups (broad SMARTS) is 1. The summed E-state index contributed by atoms with van der Waals surface area (Å²) in [6.07, 6.45) is 4.54. The van der Waals surface area contributed by atoms with Gasteiger partial charge in [-0.25, -0.2) is 14.4 Å². The quantitative estimate of drug-likeness (QED) is 0.153. The summed E-state index contributed by atoms with van der Waals surface area (Å²) < 4.78 is 15.3. The van der Waals surface area contributed by atoms with Gasteiger partial charge in [0, 0.05) is 17.4 Å². The predicted octanol–water partition coefficient (Wildman–Crippen LogP) is 6.35. The smallest absolute Gasteiger partial charge is 0.336 e. The molecule has 0 radical (unpaired) electrons. The van der Waals surface area contributed by atoms with Crippen molar-refractivity contribution >= 4 is 53.0 Å². The number of aryl methyl sites for hydroxylation is 1. The predicted molar refractivity (Wildman–Crippen MR) is 208 cm³/mol. The van der Waals surface area contributed by atoms with Crippen LogP contribution in [0.4, 0.5) is 0 Å². The Morgan fingerprint density at radius 1 is 0.927 bits per heavy atom. The van der Waals surface area contributed by atoms with E-state index in [0.29, 0.717) is 52.4 Å². The molecule has 12 nitrogen and oxygen atoms in total. The van der Waals surface area contributed by atoms with Crippen LogP contribution in [0.1, 0.15) is 83.8 Å². The summed E-state index contributed by atoms with van der Waals surface area (Å²) in [5, 5.41) is 16.4. The number of benzene rings is 2. The first-order chi connectivity index (χ1) is 26.2. The number of rotatable bonds is 13. The zero-order valence-electron chi connectivity index (χ0n) is 32.2. The van der Waals surface area contributed by atoms with E-state index in [9.17, 15) is 29.1 Å². The van der Waals surface area contributed by atoms with Crippen LogP contribution < -0.4 is 10.6 Å². The van der Waals surface area contributed by atoms with Gasteiger partial charge in [0.25, 0.3) is 0 Å². The zero-order valence-corrected chi connectivity index (χ0v) is 33.7. The standard InChI is InChI=1S/C23H32N2O5.C18H19Cl2NO4/c1-3-30-23(29)18(13-12-16-8-5-4-6-9-16)24-15(2)21(26)25-19-11-7-10-17(19)14-20(25)22(27)28;1-5-25-18(23)14-10(3)21-9(2)13(17(22)24-4)15(14)11-7-6-8-12(19)16(11)20/h4-6,8-9,15,17-20,24H,3,7,10-14H2,1-2H3,(H,27,28);6-8,15,21H,5H2,1-4H3/t15-,17-,18-,19-,20-;/m0./s1. The number of carbonyl (C=O) groups excluding carboxylic acids is 4. The lowest BCUT2D eigenvalue weighted by Crippen LogP contribution is -2.55. The SMILES string of the molecule is CCOC(=O)C1=C(C)NC(C)=C(C(=O)OC)C1c1cccc(Cl)c1Cl.CCOC(=O)[C@H](CCc1ccccc1)N[C@@H](C)C(=O)N1[C@H](C(=O)O)C[C@@H]2CCC[C@@H]21. The number of hydrogen-bond donors (Lipinski definition) is 3. The number of hydrogen-bond acceptors (Lipinski definition) is 10.